The molecule has 2 aromatic heterocycles. The van der Waals surface area contributed by atoms with Crippen LogP contribution in [-0.2, 0) is 29.1 Å². The average molecular weight is 361 g/mol. The smallest absolute Gasteiger partial charge is 0.313 e. The second kappa shape index (κ2) is 5.78. The van der Waals surface area contributed by atoms with Crippen molar-refractivity contribution in [3.8, 4) is 11.4 Å². The van der Waals surface area contributed by atoms with E-state index >= 15 is 0 Å². The fourth-order valence-corrected chi connectivity index (χ4v) is 4.38. The molecule has 0 radical (unpaired) electrons. The van der Waals surface area contributed by atoms with E-state index in [0.717, 1.165) is 28.6 Å². The third kappa shape index (κ3) is 2.14. The Kier molecular flexibility index (Phi) is 3.24. The van der Waals surface area contributed by atoms with Crippen molar-refractivity contribution in [2.24, 2.45) is 0 Å². The molecule has 0 spiro atoms. The lowest BCUT2D eigenvalue weighted by Crippen LogP contribution is -2.32. The highest BCUT2D eigenvalue weighted by Crippen LogP contribution is 2.38. The lowest BCUT2D eigenvalue weighted by atomic mass is 9.90. The van der Waals surface area contributed by atoms with Crippen molar-refractivity contribution in [3.63, 3.8) is 0 Å². The Morgan fingerprint density at radius 2 is 2.07 bits per heavy atom. The minimum Gasteiger partial charge on any atom is -0.460 e. The molecular formula is C22H20N2O3. The number of fused-ring (bicyclic) bond motifs is 5. The van der Waals surface area contributed by atoms with Crippen LogP contribution >= 0.6 is 0 Å². The Bertz CT molecular complexity index is 1230. The molecule has 0 bridgehead atoms. The highest BCUT2D eigenvalue weighted by atomic mass is 16.5. The summed E-state index contributed by atoms with van der Waals surface area (Å²) in [5.41, 5.74) is 5.31. The number of rotatable bonds is 2. The van der Waals surface area contributed by atoms with Crippen molar-refractivity contribution in [3.05, 3.63) is 62.9 Å². The maximum atomic E-state index is 13.2. The van der Waals surface area contributed by atoms with Gasteiger partial charge < -0.3 is 9.30 Å². The van der Waals surface area contributed by atoms with Crippen LogP contribution in [0, 0.1) is 0 Å². The fraction of sp³-hybridized carbons (Fsp3) is 0.318. The number of carbonyl (C=O) groups is 1. The maximum absolute atomic E-state index is 13.2. The van der Waals surface area contributed by atoms with Crippen LogP contribution in [-0.4, -0.2) is 15.5 Å². The summed E-state index contributed by atoms with van der Waals surface area (Å²) in [6.07, 6.45) is 1.09. The van der Waals surface area contributed by atoms with Crippen molar-refractivity contribution in [1.29, 1.82) is 0 Å². The standard InChI is InChI=1S/C22H20N2O3/c1-3-12-14-7-5-6-8-18(14)23-20-16(12)10-24-19(20)9-15-13(4-2)22(26)27-11-17(15)21(24)25/h5-9,13H,3-4,10-11H2,1-2H3/t13-/m0/s1/i13D. The molecule has 4 heterocycles. The number of nitrogens with zero attached hydrogens (tertiary/aromatic N) is 2. The van der Waals surface area contributed by atoms with E-state index < -0.39 is 11.9 Å². The summed E-state index contributed by atoms with van der Waals surface area (Å²) >= 11 is 0. The molecule has 27 heavy (non-hydrogen) atoms. The van der Waals surface area contributed by atoms with Gasteiger partial charge in [-0.15, -0.1) is 0 Å². The Morgan fingerprint density at radius 1 is 1.26 bits per heavy atom. The lowest BCUT2D eigenvalue weighted by Gasteiger charge is -2.24. The van der Waals surface area contributed by atoms with E-state index in [2.05, 4.69) is 13.0 Å². The van der Waals surface area contributed by atoms with Crippen molar-refractivity contribution >= 4 is 16.9 Å². The number of hydrogen-bond acceptors (Lipinski definition) is 4. The van der Waals surface area contributed by atoms with Gasteiger partial charge >= 0.3 is 5.97 Å². The van der Waals surface area contributed by atoms with Gasteiger partial charge in [0.1, 0.15) is 6.61 Å². The molecule has 1 atom stereocenters. The third-order valence-corrected chi connectivity index (χ3v) is 5.70. The van der Waals surface area contributed by atoms with Crippen LogP contribution in [0.3, 0.4) is 0 Å². The highest BCUT2D eigenvalue weighted by Gasteiger charge is 2.34. The van der Waals surface area contributed by atoms with Crippen LogP contribution in [0.5, 0.6) is 0 Å². The number of esters is 1. The quantitative estimate of drug-likeness (QED) is 0.513. The van der Waals surface area contributed by atoms with E-state index in [1.807, 2.05) is 24.3 Å². The Balaban J connectivity index is 1.84. The number of aryl methyl sites for hydroxylation is 1. The van der Waals surface area contributed by atoms with Gasteiger partial charge in [-0.05, 0) is 36.1 Å². The summed E-state index contributed by atoms with van der Waals surface area (Å²) in [6, 6.07) is 9.82. The molecule has 0 amide bonds. The highest BCUT2D eigenvalue weighted by molar-refractivity contribution is 5.88. The minimum absolute atomic E-state index is 0.0692. The molecule has 5 rings (SSSR count). The fourth-order valence-electron chi connectivity index (χ4n) is 4.38. The van der Waals surface area contributed by atoms with Crippen LogP contribution in [0.2, 0.25) is 0 Å². The second-order valence-corrected chi connectivity index (χ2v) is 7.01. The van der Waals surface area contributed by atoms with E-state index in [1.54, 1.807) is 11.5 Å². The number of hydrogen-bond donors (Lipinski definition) is 0. The molecule has 0 unspecified atom stereocenters. The van der Waals surface area contributed by atoms with Gasteiger partial charge in [-0.25, -0.2) is 4.98 Å². The third-order valence-electron chi connectivity index (χ3n) is 5.70. The maximum Gasteiger partial charge on any atom is 0.313 e. The van der Waals surface area contributed by atoms with Gasteiger partial charge in [-0.1, -0.05) is 32.0 Å². The zero-order valence-electron chi connectivity index (χ0n) is 16.3. The summed E-state index contributed by atoms with van der Waals surface area (Å²) in [6.45, 7) is 4.27. The molecule has 1 aromatic carbocycles. The normalized spacial score (nSPS) is 20.7. The van der Waals surface area contributed by atoms with Gasteiger partial charge in [0.2, 0.25) is 0 Å². The lowest BCUT2D eigenvalue weighted by molar-refractivity contribution is -0.148. The first-order valence-corrected chi connectivity index (χ1v) is 9.34. The van der Waals surface area contributed by atoms with Gasteiger partial charge in [0.05, 0.1) is 34.9 Å². The van der Waals surface area contributed by atoms with Crippen molar-refractivity contribution < 1.29 is 10.9 Å². The zero-order chi connectivity index (χ0) is 19.6. The molecule has 0 fully saturated rings. The summed E-state index contributed by atoms with van der Waals surface area (Å²) in [5, 5.41) is 1.11. The molecule has 0 aliphatic carbocycles. The largest absolute Gasteiger partial charge is 0.460 e. The predicted molar refractivity (Wildman–Crippen MR) is 103 cm³/mol. The van der Waals surface area contributed by atoms with Gasteiger partial charge in [-0.2, -0.15) is 0 Å². The number of para-hydroxylation sites is 1. The summed E-state index contributed by atoms with van der Waals surface area (Å²) < 4.78 is 15.6. The number of cyclic esters (lactones) is 1. The molecule has 3 aromatic rings. The molecular weight excluding hydrogens is 340 g/mol. The number of aromatic nitrogens is 2. The SMILES string of the molecule is [2H][C@@]1(CC)C(=O)OCc2c1cc1n(c2=O)Cc2c-1nc1ccccc1c2CC. The van der Waals surface area contributed by atoms with E-state index in [1.165, 1.54) is 5.56 Å². The molecule has 0 saturated carbocycles. The topological polar surface area (TPSA) is 61.2 Å². The van der Waals surface area contributed by atoms with Crippen molar-refractivity contribution in [1.82, 2.24) is 9.55 Å². The Hall–Kier alpha value is -2.95. The van der Waals surface area contributed by atoms with Gasteiger partial charge in [0.25, 0.3) is 5.56 Å². The van der Waals surface area contributed by atoms with Gasteiger partial charge in [0.15, 0.2) is 0 Å². The first kappa shape index (κ1) is 15.1. The molecule has 5 heteroatoms. The van der Waals surface area contributed by atoms with E-state index in [4.69, 9.17) is 11.1 Å². The number of pyridine rings is 2. The minimum atomic E-state index is -1.55. The second-order valence-electron chi connectivity index (χ2n) is 7.01. The van der Waals surface area contributed by atoms with Crippen LogP contribution in [0.4, 0.5) is 0 Å². The first-order valence-electron chi connectivity index (χ1n) is 9.84. The molecule has 2 aliphatic rings. The van der Waals surface area contributed by atoms with Crippen LogP contribution in [0.1, 0.15) is 49.8 Å². The monoisotopic (exact) mass is 361 g/mol. The molecule has 0 N–H and O–H groups in total. The predicted octanol–water partition coefficient (Wildman–Crippen LogP) is 3.54. The van der Waals surface area contributed by atoms with E-state index in [-0.39, 0.29) is 18.6 Å². The first-order chi connectivity index (χ1) is 13.5. The van der Waals surface area contributed by atoms with Crippen LogP contribution in [0.15, 0.2) is 35.1 Å². The molecule has 5 nitrogen and oxygen atoms in total. The average Bonchev–Trinajstić information content (AvgIpc) is 3.08. The Labute approximate surface area is 158 Å². The summed E-state index contributed by atoms with van der Waals surface area (Å²) in [4.78, 5) is 30.4. The summed E-state index contributed by atoms with van der Waals surface area (Å²) in [7, 11) is 0. The van der Waals surface area contributed by atoms with Gasteiger partial charge in [-0.3, -0.25) is 9.59 Å². The van der Waals surface area contributed by atoms with Crippen LogP contribution < -0.4 is 5.56 Å². The van der Waals surface area contributed by atoms with Crippen LogP contribution in [0.25, 0.3) is 22.3 Å². The molecule has 136 valence electrons. The number of carbonyl (C=O) groups excluding carboxylic acids is 1. The van der Waals surface area contributed by atoms with Gasteiger partial charge in [0, 0.05) is 12.3 Å². The zero-order valence-corrected chi connectivity index (χ0v) is 15.3. The molecule has 2 aliphatic heterocycles. The van der Waals surface area contributed by atoms with Crippen molar-refractivity contribution in [2.75, 3.05) is 0 Å². The number of ether oxygens (including phenoxy) is 1. The van der Waals surface area contributed by atoms with Crippen molar-refractivity contribution in [2.45, 2.75) is 45.7 Å². The van der Waals surface area contributed by atoms with E-state index in [0.29, 0.717) is 23.4 Å². The molecule has 0 saturated heterocycles. The number of benzene rings is 1. The summed E-state index contributed by atoms with van der Waals surface area (Å²) in [5.74, 6) is -2.14. The Morgan fingerprint density at radius 3 is 2.85 bits per heavy atom. The van der Waals surface area contributed by atoms with E-state index in [9.17, 15) is 9.59 Å².